The number of nitrogens with zero attached hydrogens (tertiary/aromatic N) is 2. The Hall–Kier alpha value is -3.65. The lowest BCUT2D eigenvalue weighted by molar-refractivity contribution is -0.140. The predicted octanol–water partition coefficient (Wildman–Crippen LogP) is 4.54. The average Bonchev–Trinajstić information content (AvgIpc) is 2.88. The van der Waals surface area contributed by atoms with Gasteiger partial charge in [-0.2, -0.15) is 0 Å². The van der Waals surface area contributed by atoms with Crippen LogP contribution in [0.15, 0.2) is 72.8 Å². The number of hydrogen-bond donors (Lipinski definition) is 1. The Labute approximate surface area is 232 Å². The molecule has 0 aromatic heterocycles. The van der Waals surface area contributed by atoms with E-state index in [1.807, 2.05) is 100 Å². The lowest BCUT2D eigenvalue weighted by Crippen LogP contribution is -2.53. The molecule has 0 bridgehead atoms. The van der Waals surface area contributed by atoms with Crippen LogP contribution in [0.25, 0.3) is 0 Å². The van der Waals surface area contributed by atoms with Crippen molar-refractivity contribution in [3.63, 3.8) is 0 Å². The number of benzene rings is 3. The molecule has 8 heteroatoms. The number of amides is 2. The topological polar surface area (TPSA) is 86.8 Å². The zero-order chi connectivity index (χ0) is 28.6. The van der Waals surface area contributed by atoms with Gasteiger partial charge in [0, 0.05) is 19.5 Å². The Morgan fingerprint density at radius 1 is 0.872 bits per heavy atom. The van der Waals surface area contributed by atoms with Gasteiger partial charge < -0.3 is 10.2 Å². The zero-order valence-electron chi connectivity index (χ0n) is 23.5. The Balaban J connectivity index is 2.08. The molecule has 0 aliphatic rings. The highest BCUT2D eigenvalue weighted by molar-refractivity contribution is 7.92. The molecule has 3 aromatic carbocycles. The number of nitrogens with one attached hydrogen (secondary N) is 1. The van der Waals surface area contributed by atoms with Crippen molar-refractivity contribution in [2.24, 2.45) is 0 Å². The second-order valence-electron chi connectivity index (χ2n) is 10.0. The van der Waals surface area contributed by atoms with Crippen molar-refractivity contribution in [2.75, 3.05) is 23.7 Å². The summed E-state index contributed by atoms with van der Waals surface area (Å²) in [6, 6.07) is 22.0. The second kappa shape index (κ2) is 13.4. The number of para-hydroxylation sites is 1. The van der Waals surface area contributed by atoms with Gasteiger partial charge >= 0.3 is 0 Å². The van der Waals surface area contributed by atoms with Crippen LogP contribution in [0, 0.1) is 20.8 Å². The zero-order valence-corrected chi connectivity index (χ0v) is 24.3. The summed E-state index contributed by atoms with van der Waals surface area (Å²) in [6.07, 6.45) is 2.16. The lowest BCUT2D eigenvalue weighted by Gasteiger charge is -2.34. The van der Waals surface area contributed by atoms with Gasteiger partial charge in [0.1, 0.15) is 12.6 Å². The highest BCUT2D eigenvalue weighted by atomic mass is 32.2. The van der Waals surface area contributed by atoms with Crippen molar-refractivity contribution in [3.05, 3.63) is 101 Å². The van der Waals surface area contributed by atoms with Crippen molar-refractivity contribution < 1.29 is 18.0 Å². The molecule has 3 rings (SSSR count). The summed E-state index contributed by atoms with van der Waals surface area (Å²) in [7, 11) is -3.80. The van der Waals surface area contributed by atoms with E-state index in [-0.39, 0.29) is 12.5 Å². The normalized spacial score (nSPS) is 12.0. The maximum absolute atomic E-state index is 14.1. The predicted molar refractivity (Wildman–Crippen MR) is 157 cm³/mol. The van der Waals surface area contributed by atoms with E-state index in [4.69, 9.17) is 0 Å². The molecule has 208 valence electrons. The maximum atomic E-state index is 14.1. The van der Waals surface area contributed by atoms with Crippen molar-refractivity contribution in [1.82, 2.24) is 10.2 Å². The highest BCUT2D eigenvalue weighted by Gasteiger charge is 2.33. The molecule has 0 spiro atoms. The summed E-state index contributed by atoms with van der Waals surface area (Å²) >= 11 is 0. The number of rotatable bonds is 12. The minimum Gasteiger partial charge on any atom is -0.354 e. The molecular weight excluding hydrogens is 510 g/mol. The molecular formula is C31H39N3O4S. The SMILES string of the molecule is CCCNC(=O)C(Cc1ccccc1)N(Cc1cccc(C)c1)C(=O)CN(c1c(C)cccc1C)S(C)(=O)=O. The fraction of sp³-hybridized carbons (Fsp3) is 0.355. The van der Waals surface area contributed by atoms with Gasteiger partial charge in [0.15, 0.2) is 0 Å². The Kier molecular flexibility index (Phi) is 10.3. The molecule has 0 fully saturated rings. The van der Waals surface area contributed by atoms with Crippen LogP contribution in [0.4, 0.5) is 5.69 Å². The molecule has 0 aliphatic heterocycles. The summed E-state index contributed by atoms with van der Waals surface area (Å²) < 4.78 is 27.2. The first-order valence-corrected chi connectivity index (χ1v) is 15.1. The third-order valence-electron chi connectivity index (χ3n) is 6.62. The third kappa shape index (κ3) is 8.17. The van der Waals surface area contributed by atoms with E-state index < -0.39 is 28.5 Å². The minimum absolute atomic E-state index is 0.169. The quantitative estimate of drug-likeness (QED) is 0.359. The standard InChI is InChI=1S/C31H39N3O4S/c1-6-18-32-31(36)28(20-26-15-8-7-9-16-26)33(21-27-17-10-12-23(2)19-27)29(35)22-34(39(5,37)38)30-24(3)13-11-14-25(30)4/h7-17,19,28H,6,18,20-22H2,1-5H3,(H,32,36). The molecule has 1 atom stereocenters. The van der Waals surface area contributed by atoms with Gasteiger partial charge in [-0.3, -0.25) is 13.9 Å². The minimum atomic E-state index is -3.80. The fourth-order valence-electron chi connectivity index (χ4n) is 4.70. The molecule has 7 nitrogen and oxygen atoms in total. The molecule has 0 saturated carbocycles. The average molecular weight is 550 g/mol. The fourth-order valence-corrected chi connectivity index (χ4v) is 5.67. The van der Waals surface area contributed by atoms with Gasteiger partial charge in [-0.25, -0.2) is 8.42 Å². The Bertz CT molecular complexity index is 1370. The second-order valence-corrected chi connectivity index (χ2v) is 11.9. The van der Waals surface area contributed by atoms with Gasteiger partial charge in [-0.15, -0.1) is 0 Å². The number of carbonyl (C=O) groups is 2. The summed E-state index contributed by atoms with van der Waals surface area (Å²) in [5.74, 6) is -0.711. The van der Waals surface area contributed by atoms with E-state index in [0.717, 1.165) is 44.8 Å². The molecule has 0 radical (unpaired) electrons. The number of carbonyl (C=O) groups excluding carboxylic acids is 2. The molecule has 0 saturated heterocycles. The van der Waals surface area contributed by atoms with Crippen LogP contribution in [-0.2, 0) is 32.6 Å². The molecule has 3 aromatic rings. The van der Waals surface area contributed by atoms with Crippen LogP contribution < -0.4 is 9.62 Å². The van der Waals surface area contributed by atoms with Gasteiger partial charge in [0.05, 0.1) is 11.9 Å². The largest absolute Gasteiger partial charge is 0.354 e. The van der Waals surface area contributed by atoms with E-state index in [1.54, 1.807) is 0 Å². The van der Waals surface area contributed by atoms with Gasteiger partial charge in [0.25, 0.3) is 0 Å². The summed E-state index contributed by atoms with van der Waals surface area (Å²) in [6.45, 7) is 7.82. The highest BCUT2D eigenvalue weighted by Crippen LogP contribution is 2.27. The van der Waals surface area contributed by atoms with Crippen LogP contribution in [0.3, 0.4) is 0 Å². The lowest BCUT2D eigenvalue weighted by atomic mass is 10.0. The monoisotopic (exact) mass is 549 g/mol. The van der Waals surface area contributed by atoms with Crippen LogP contribution in [0.5, 0.6) is 0 Å². The van der Waals surface area contributed by atoms with Crippen molar-refractivity contribution in [1.29, 1.82) is 0 Å². The molecule has 2 amide bonds. The molecule has 0 aliphatic carbocycles. The Morgan fingerprint density at radius 3 is 2.08 bits per heavy atom. The first-order chi connectivity index (χ1) is 18.5. The smallest absolute Gasteiger partial charge is 0.244 e. The first kappa shape index (κ1) is 29.9. The first-order valence-electron chi connectivity index (χ1n) is 13.2. The molecule has 1 N–H and O–H groups in total. The van der Waals surface area contributed by atoms with Crippen molar-refractivity contribution in [3.8, 4) is 0 Å². The molecule has 1 unspecified atom stereocenters. The maximum Gasteiger partial charge on any atom is 0.244 e. The van der Waals surface area contributed by atoms with Crippen LogP contribution >= 0.6 is 0 Å². The van der Waals surface area contributed by atoms with E-state index in [0.29, 0.717) is 18.7 Å². The molecule has 0 heterocycles. The third-order valence-corrected chi connectivity index (χ3v) is 7.74. The number of sulfonamides is 1. The van der Waals surface area contributed by atoms with Gasteiger partial charge in [0.2, 0.25) is 21.8 Å². The van der Waals surface area contributed by atoms with Crippen molar-refractivity contribution >= 4 is 27.5 Å². The van der Waals surface area contributed by atoms with E-state index >= 15 is 0 Å². The number of anilines is 1. The van der Waals surface area contributed by atoms with E-state index in [2.05, 4.69) is 5.32 Å². The number of hydrogen-bond acceptors (Lipinski definition) is 4. The van der Waals surface area contributed by atoms with E-state index in [1.165, 1.54) is 4.90 Å². The van der Waals surface area contributed by atoms with Crippen molar-refractivity contribution in [2.45, 2.75) is 53.1 Å². The van der Waals surface area contributed by atoms with Gasteiger partial charge in [-0.05, 0) is 49.4 Å². The van der Waals surface area contributed by atoms with Crippen LogP contribution in [-0.4, -0.2) is 50.5 Å². The van der Waals surface area contributed by atoms with Crippen LogP contribution in [0.2, 0.25) is 0 Å². The summed E-state index contributed by atoms with van der Waals surface area (Å²) in [4.78, 5) is 29.2. The summed E-state index contributed by atoms with van der Waals surface area (Å²) in [5, 5.41) is 2.95. The molecule has 39 heavy (non-hydrogen) atoms. The van der Waals surface area contributed by atoms with E-state index in [9.17, 15) is 18.0 Å². The van der Waals surface area contributed by atoms with Crippen LogP contribution in [0.1, 0.15) is 41.2 Å². The summed E-state index contributed by atoms with van der Waals surface area (Å²) in [5.41, 5.74) is 4.79. The van der Waals surface area contributed by atoms with Gasteiger partial charge in [-0.1, -0.05) is 85.3 Å². The number of aryl methyl sites for hydroxylation is 3. The Morgan fingerprint density at radius 2 is 1.49 bits per heavy atom.